The van der Waals surface area contributed by atoms with E-state index < -0.39 is 0 Å². The summed E-state index contributed by atoms with van der Waals surface area (Å²) in [4.78, 5) is 4.35. The molecule has 0 amide bonds. The van der Waals surface area contributed by atoms with Crippen LogP contribution in [0.4, 0.5) is 0 Å². The average Bonchev–Trinajstić information content (AvgIpc) is 2.15. The molecule has 1 heterocycles. The topological polar surface area (TPSA) is 12.4 Å². The lowest BCUT2D eigenvalue weighted by atomic mass is 10.0. The molecule has 0 aliphatic carbocycles. The molecule has 0 saturated heterocycles. The largest absolute Gasteiger partial charge is 0.294 e. The summed E-state index contributed by atoms with van der Waals surface area (Å²) in [6.45, 7) is 4.52. The zero-order chi connectivity index (χ0) is 6.69. The van der Waals surface area contributed by atoms with E-state index in [2.05, 4.69) is 25.1 Å². The van der Waals surface area contributed by atoms with Gasteiger partial charge in [-0.2, -0.15) is 0 Å². The minimum absolute atomic E-state index is 0.657. The summed E-state index contributed by atoms with van der Waals surface area (Å²) in [5.74, 6) is 0.810. The molecule has 1 atom stereocenters. The number of hydrogen-bond donors (Lipinski definition) is 0. The second kappa shape index (κ2) is 3.00. The average molecular weight is 125 g/mol. The molecular weight excluding hydrogens is 110 g/mol. The van der Waals surface area contributed by atoms with Crippen LogP contribution >= 0.6 is 0 Å². The van der Waals surface area contributed by atoms with E-state index in [9.17, 15) is 0 Å². The van der Waals surface area contributed by atoms with E-state index in [-0.39, 0.29) is 0 Å². The van der Waals surface area contributed by atoms with E-state index in [1.54, 1.807) is 0 Å². The molecule has 1 aliphatic heterocycles. The minimum atomic E-state index is 0.657. The molecule has 0 radical (unpaired) electrons. The Labute approximate surface area is 57.2 Å². The van der Waals surface area contributed by atoms with Crippen molar-refractivity contribution in [3.8, 4) is 0 Å². The number of hydrogen-bond acceptors (Lipinski definition) is 1. The monoisotopic (exact) mass is 125 g/mol. The van der Waals surface area contributed by atoms with Crippen LogP contribution in [0.1, 0.15) is 33.1 Å². The Kier molecular flexibility index (Phi) is 2.26. The van der Waals surface area contributed by atoms with Crippen LogP contribution in [0.2, 0.25) is 0 Å². The van der Waals surface area contributed by atoms with Crippen molar-refractivity contribution in [2.24, 2.45) is 10.9 Å². The molecule has 1 heteroatoms. The molecule has 0 fully saturated rings. The summed E-state index contributed by atoms with van der Waals surface area (Å²) in [7, 11) is 0. The number of nitrogens with zero attached hydrogens (tertiary/aromatic N) is 1. The lowest BCUT2D eigenvalue weighted by Crippen LogP contribution is -2.03. The third-order valence-electron chi connectivity index (χ3n) is 1.69. The molecule has 52 valence electrons. The van der Waals surface area contributed by atoms with Gasteiger partial charge in [-0.1, -0.05) is 13.8 Å². The van der Waals surface area contributed by atoms with Crippen LogP contribution in [0.3, 0.4) is 0 Å². The smallest absolute Gasteiger partial charge is 0.0501 e. The molecule has 9 heavy (non-hydrogen) atoms. The van der Waals surface area contributed by atoms with Gasteiger partial charge in [0.1, 0.15) is 0 Å². The Morgan fingerprint density at radius 3 is 2.89 bits per heavy atom. The molecule has 0 aromatic rings. The molecule has 0 aromatic carbocycles. The summed E-state index contributed by atoms with van der Waals surface area (Å²) in [6.07, 6.45) is 5.83. The Morgan fingerprint density at radius 1 is 1.67 bits per heavy atom. The van der Waals surface area contributed by atoms with E-state index in [1.165, 1.54) is 19.3 Å². The van der Waals surface area contributed by atoms with Gasteiger partial charge < -0.3 is 0 Å². The van der Waals surface area contributed by atoms with Crippen molar-refractivity contribution in [2.45, 2.75) is 39.2 Å². The Balaban J connectivity index is 2.20. The van der Waals surface area contributed by atoms with Crippen molar-refractivity contribution in [3.63, 3.8) is 0 Å². The van der Waals surface area contributed by atoms with Gasteiger partial charge in [0.25, 0.3) is 0 Å². The molecule has 0 N–H and O–H groups in total. The first-order chi connectivity index (χ1) is 4.29. The first kappa shape index (κ1) is 6.79. The van der Waals surface area contributed by atoms with Crippen LogP contribution in [0.5, 0.6) is 0 Å². The SMILES string of the molecule is CC(C)CC1CCC=N1. The fraction of sp³-hybridized carbons (Fsp3) is 0.875. The zero-order valence-electron chi connectivity index (χ0n) is 6.30. The molecule has 1 aliphatic rings. The zero-order valence-corrected chi connectivity index (χ0v) is 6.30. The fourth-order valence-electron chi connectivity index (χ4n) is 1.29. The molecule has 0 bridgehead atoms. The Bertz CT molecular complexity index is 105. The third kappa shape index (κ3) is 2.17. The van der Waals surface area contributed by atoms with Gasteiger partial charge in [0.15, 0.2) is 0 Å². The summed E-state index contributed by atoms with van der Waals surface area (Å²) in [5, 5.41) is 0. The van der Waals surface area contributed by atoms with Crippen molar-refractivity contribution in [1.29, 1.82) is 0 Å². The van der Waals surface area contributed by atoms with Crippen LogP contribution in [-0.2, 0) is 0 Å². The van der Waals surface area contributed by atoms with Crippen LogP contribution in [-0.4, -0.2) is 12.3 Å². The molecule has 0 spiro atoms. The lowest BCUT2D eigenvalue weighted by Gasteiger charge is -2.08. The maximum Gasteiger partial charge on any atom is 0.0501 e. The highest BCUT2D eigenvalue weighted by molar-refractivity contribution is 5.59. The van der Waals surface area contributed by atoms with Crippen molar-refractivity contribution in [2.75, 3.05) is 0 Å². The molecular formula is C8H15N. The lowest BCUT2D eigenvalue weighted by molar-refractivity contribution is 0.496. The maximum absolute atomic E-state index is 4.35. The van der Waals surface area contributed by atoms with Crippen LogP contribution in [0.25, 0.3) is 0 Å². The first-order valence-electron chi connectivity index (χ1n) is 3.80. The van der Waals surface area contributed by atoms with E-state index in [0.717, 1.165) is 5.92 Å². The van der Waals surface area contributed by atoms with Gasteiger partial charge >= 0.3 is 0 Å². The second-order valence-corrected chi connectivity index (χ2v) is 3.19. The molecule has 0 aromatic heterocycles. The third-order valence-corrected chi connectivity index (χ3v) is 1.69. The van der Waals surface area contributed by atoms with E-state index in [0.29, 0.717) is 6.04 Å². The molecule has 1 nitrogen and oxygen atoms in total. The van der Waals surface area contributed by atoms with Gasteiger partial charge in [-0.15, -0.1) is 0 Å². The van der Waals surface area contributed by atoms with Crippen molar-refractivity contribution in [3.05, 3.63) is 0 Å². The highest BCUT2D eigenvalue weighted by Crippen LogP contribution is 2.16. The van der Waals surface area contributed by atoms with Crippen LogP contribution < -0.4 is 0 Å². The quantitative estimate of drug-likeness (QED) is 0.537. The van der Waals surface area contributed by atoms with Crippen LogP contribution in [0, 0.1) is 5.92 Å². The summed E-state index contributed by atoms with van der Waals surface area (Å²) < 4.78 is 0. The molecule has 1 rings (SSSR count). The minimum Gasteiger partial charge on any atom is -0.294 e. The normalized spacial score (nSPS) is 25.9. The highest BCUT2D eigenvalue weighted by Gasteiger charge is 2.10. The van der Waals surface area contributed by atoms with E-state index in [4.69, 9.17) is 0 Å². The fourth-order valence-corrected chi connectivity index (χ4v) is 1.29. The van der Waals surface area contributed by atoms with Gasteiger partial charge in [-0.3, -0.25) is 4.99 Å². The predicted molar refractivity (Wildman–Crippen MR) is 41.0 cm³/mol. The maximum atomic E-state index is 4.35. The van der Waals surface area contributed by atoms with Crippen molar-refractivity contribution < 1.29 is 0 Å². The first-order valence-corrected chi connectivity index (χ1v) is 3.80. The van der Waals surface area contributed by atoms with Crippen molar-refractivity contribution in [1.82, 2.24) is 0 Å². The second-order valence-electron chi connectivity index (χ2n) is 3.19. The van der Waals surface area contributed by atoms with E-state index in [1.807, 2.05) is 0 Å². The Morgan fingerprint density at radius 2 is 2.44 bits per heavy atom. The molecule has 0 saturated carbocycles. The van der Waals surface area contributed by atoms with Crippen molar-refractivity contribution >= 4 is 6.21 Å². The van der Waals surface area contributed by atoms with Gasteiger partial charge in [-0.05, 0) is 31.4 Å². The summed E-state index contributed by atoms with van der Waals surface area (Å²) in [5.41, 5.74) is 0. The summed E-state index contributed by atoms with van der Waals surface area (Å²) >= 11 is 0. The van der Waals surface area contributed by atoms with Gasteiger partial charge in [-0.25, -0.2) is 0 Å². The van der Waals surface area contributed by atoms with Gasteiger partial charge in [0, 0.05) is 0 Å². The number of aliphatic imine (C=N–C) groups is 1. The summed E-state index contributed by atoms with van der Waals surface area (Å²) in [6, 6.07) is 0.657. The Hall–Kier alpha value is -0.330. The van der Waals surface area contributed by atoms with Crippen LogP contribution in [0.15, 0.2) is 4.99 Å². The van der Waals surface area contributed by atoms with Gasteiger partial charge in [0.05, 0.1) is 6.04 Å². The predicted octanol–water partition coefficient (Wildman–Crippen LogP) is 2.27. The highest BCUT2D eigenvalue weighted by atomic mass is 14.8. The standard InChI is InChI=1S/C8H15N/c1-7(2)6-8-4-3-5-9-8/h5,7-8H,3-4,6H2,1-2H3. The van der Waals surface area contributed by atoms with E-state index >= 15 is 0 Å². The van der Waals surface area contributed by atoms with Gasteiger partial charge in [0.2, 0.25) is 0 Å². The number of rotatable bonds is 2. The molecule has 1 unspecified atom stereocenters.